The Kier molecular flexibility index (Phi) is 4.75. The van der Waals surface area contributed by atoms with Gasteiger partial charge in [0.05, 0.1) is 11.3 Å². The Balaban J connectivity index is 0.00000242. The van der Waals surface area contributed by atoms with Gasteiger partial charge in [-0.15, -0.1) is 0 Å². The molecule has 6 heteroatoms. The third kappa shape index (κ3) is 3.31. The van der Waals surface area contributed by atoms with Crippen molar-refractivity contribution in [3.8, 4) is 5.82 Å². The quantitative estimate of drug-likeness (QED) is 0.754. The zero-order valence-electron chi connectivity index (χ0n) is 12.7. The summed E-state index contributed by atoms with van der Waals surface area (Å²) < 4.78 is 39.3. The first-order valence-electron chi connectivity index (χ1n) is 6.62. The van der Waals surface area contributed by atoms with Crippen molar-refractivity contribution in [3.05, 3.63) is 40.8 Å². The van der Waals surface area contributed by atoms with Crippen molar-refractivity contribution < 1.29 is 13.2 Å². The van der Waals surface area contributed by atoms with E-state index in [0.717, 1.165) is 29.2 Å². The lowest BCUT2D eigenvalue weighted by Gasteiger charge is -2.19. The standard InChI is InChI=1S/C15H18F3N3.CH4/c1-9-13(14(3,4)5)10(2)21(20-9)12-7-6-11(8-19-12)15(16,17)18;/h6-8H,1-5H3;1H4. The molecule has 0 bridgehead atoms. The number of nitrogens with zero attached hydrogens (tertiary/aromatic N) is 3. The van der Waals surface area contributed by atoms with Crippen LogP contribution in [-0.4, -0.2) is 14.8 Å². The number of rotatable bonds is 1. The summed E-state index contributed by atoms with van der Waals surface area (Å²) in [6, 6.07) is 2.37. The Morgan fingerprint density at radius 3 is 2.00 bits per heavy atom. The van der Waals surface area contributed by atoms with E-state index in [1.807, 2.05) is 13.8 Å². The van der Waals surface area contributed by atoms with Crippen molar-refractivity contribution in [1.82, 2.24) is 14.8 Å². The molecule has 0 aliphatic carbocycles. The fourth-order valence-electron chi connectivity index (χ4n) is 2.63. The molecule has 3 nitrogen and oxygen atoms in total. The summed E-state index contributed by atoms with van der Waals surface area (Å²) in [4.78, 5) is 3.89. The van der Waals surface area contributed by atoms with Crippen LogP contribution in [0.2, 0.25) is 0 Å². The third-order valence-electron chi connectivity index (χ3n) is 3.33. The van der Waals surface area contributed by atoms with Gasteiger partial charge in [0, 0.05) is 17.5 Å². The third-order valence-corrected chi connectivity index (χ3v) is 3.33. The second-order valence-corrected chi connectivity index (χ2v) is 6.11. The molecule has 122 valence electrons. The van der Waals surface area contributed by atoms with Crippen LogP contribution in [0.15, 0.2) is 18.3 Å². The van der Waals surface area contributed by atoms with Crippen LogP contribution in [0.4, 0.5) is 13.2 Å². The normalized spacial score (nSPS) is 12.2. The Hall–Kier alpha value is -1.85. The highest BCUT2D eigenvalue weighted by Gasteiger charge is 2.31. The van der Waals surface area contributed by atoms with Crippen molar-refractivity contribution in [1.29, 1.82) is 0 Å². The van der Waals surface area contributed by atoms with E-state index in [1.54, 1.807) is 4.68 Å². The van der Waals surface area contributed by atoms with Crippen molar-refractivity contribution >= 4 is 0 Å². The zero-order valence-corrected chi connectivity index (χ0v) is 12.7. The van der Waals surface area contributed by atoms with Crippen LogP contribution in [-0.2, 0) is 11.6 Å². The van der Waals surface area contributed by atoms with Crippen molar-refractivity contribution in [3.63, 3.8) is 0 Å². The molecule has 0 fully saturated rings. The minimum absolute atomic E-state index is 0. The lowest BCUT2D eigenvalue weighted by atomic mass is 9.85. The molecule has 0 radical (unpaired) electrons. The summed E-state index contributed by atoms with van der Waals surface area (Å²) in [5.41, 5.74) is 2.00. The number of hydrogen-bond donors (Lipinski definition) is 0. The first-order chi connectivity index (χ1) is 9.51. The summed E-state index contributed by atoms with van der Waals surface area (Å²) in [5.74, 6) is 0.388. The highest BCUT2D eigenvalue weighted by atomic mass is 19.4. The fourth-order valence-corrected chi connectivity index (χ4v) is 2.63. The van der Waals surface area contributed by atoms with Gasteiger partial charge in [-0.1, -0.05) is 28.2 Å². The average Bonchev–Trinajstić information content (AvgIpc) is 2.63. The smallest absolute Gasteiger partial charge is 0.236 e. The minimum Gasteiger partial charge on any atom is -0.236 e. The summed E-state index contributed by atoms with van der Waals surface area (Å²) in [7, 11) is 0. The van der Waals surface area contributed by atoms with Crippen molar-refractivity contribution in [2.24, 2.45) is 0 Å². The molecule has 2 rings (SSSR count). The minimum atomic E-state index is -4.38. The Morgan fingerprint density at radius 2 is 1.64 bits per heavy atom. The highest BCUT2D eigenvalue weighted by Crippen LogP contribution is 2.31. The van der Waals surface area contributed by atoms with E-state index < -0.39 is 11.7 Å². The molecule has 0 aliphatic heterocycles. The van der Waals surface area contributed by atoms with Crippen LogP contribution >= 0.6 is 0 Å². The second-order valence-electron chi connectivity index (χ2n) is 6.11. The van der Waals surface area contributed by atoms with Crippen molar-refractivity contribution in [2.75, 3.05) is 0 Å². The predicted molar refractivity (Wildman–Crippen MR) is 81.3 cm³/mol. The molecule has 2 aromatic rings. The van der Waals surface area contributed by atoms with E-state index in [1.165, 1.54) is 6.07 Å². The van der Waals surface area contributed by atoms with Gasteiger partial charge in [-0.05, 0) is 31.4 Å². The molecule has 0 atom stereocenters. The topological polar surface area (TPSA) is 30.7 Å². The van der Waals surface area contributed by atoms with E-state index >= 15 is 0 Å². The molecule has 0 N–H and O–H groups in total. The van der Waals surface area contributed by atoms with Gasteiger partial charge in [-0.25, -0.2) is 9.67 Å². The molecular weight excluding hydrogens is 291 g/mol. The molecule has 0 saturated heterocycles. The molecule has 2 heterocycles. The Morgan fingerprint density at radius 1 is 1.05 bits per heavy atom. The van der Waals surface area contributed by atoms with Crippen LogP contribution in [0.5, 0.6) is 0 Å². The molecular formula is C16H22F3N3. The molecule has 0 aliphatic rings. The first kappa shape index (κ1) is 18.2. The van der Waals surface area contributed by atoms with Crippen LogP contribution in [0.3, 0.4) is 0 Å². The molecule has 0 aromatic carbocycles. The van der Waals surface area contributed by atoms with Gasteiger partial charge >= 0.3 is 6.18 Å². The van der Waals surface area contributed by atoms with Gasteiger partial charge in [0.25, 0.3) is 0 Å². The van der Waals surface area contributed by atoms with Gasteiger partial charge < -0.3 is 0 Å². The Bertz CT molecular complexity index is 647. The van der Waals surface area contributed by atoms with Gasteiger partial charge in [0.1, 0.15) is 0 Å². The van der Waals surface area contributed by atoms with Crippen LogP contribution in [0, 0.1) is 13.8 Å². The van der Waals surface area contributed by atoms with Gasteiger partial charge in [-0.2, -0.15) is 18.3 Å². The van der Waals surface area contributed by atoms with Gasteiger partial charge in [-0.3, -0.25) is 0 Å². The summed E-state index contributed by atoms with van der Waals surface area (Å²) in [5, 5.41) is 4.41. The predicted octanol–water partition coefficient (Wildman–Crippen LogP) is 4.84. The first-order valence-corrected chi connectivity index (χ1v) is 6.62. The van der Waals surface area contributed by atoms with E-state index in [2.05, 4.69) is 30.9 Å². The number of alkyl halides is 3. The maximum Gasteiger partial charge on any atom is 0.417 e. The number of hydrogen-bond acceptors (Lipinski definition) is 2. The zero-order chi connectivity index (χ0) is 16.0. The number of halogens is 3. The maximum absolute atomic E-state index is 12.6. The lowest BCUT2D eigenvalue weighted by Crippen LogP contribution is -2.14. The van der Waals surface area contributed by atoms with E-state index in [4.69, 9.17) is 0 Å². The van der Waals surface area contributed by atoms with Crippen LogP contribution < -0.4 is 0 Å². The largest absolute Gasteiger partial charge is 0.417 e. The van der Waals surface area contributed by atoms with Crippen LogP contribution in [0.1, 0.15) is 50.7 Å². The fraction of sp³-hybridized carbons (Fsp3) is 0.500. The SMILES string of the molecule is C.Cc1nn(-c2ccc(C(F)(F)F)cn2)c(C)c1C(C)(C)C. The van der Waals surface area contributed by atoms with Gasteiger partial charge in [0.15, 0.2) is 5.82 Å². The van der Waals surface area contributed by atoms with Gasteiger partial charge in [0.2, 0.25) is 0 Å². The monoisotopic (exact) mass is 313 g/mol. The summed E-state index contributed by atoms with van der Waals surface area (Å²) >= 11 is 0. The Labute approximate surface area is 129 Å². The molecule has 2 aromatic heterocycles. The summed E-state index contributed by atoms with van der Waals surface area (Å²) in [6.07, 6.45) is -3.54. The van der Waals surface area contributed by atoms with E-state index in [0.29, 0.717) is 5.82 Å². The van der Waals surface area contributed by atoms with Crippen LogP contribution in [0.25, 0.3) is 5.82 Å². The molecule has 22 heavy (non-hydrogen) atoms. The second kappa shape index (κ2) is 5.74. The number of aryl methyl sites for hydroxylation is 1. The molecule has 0 spiro atoms. The highest BCUT2D eigenvalue weighted by molar-refractivity contribution is 5.37. The molecule has 0 amide bonds. The maximum atomic E-state index is 12.6. The lowest BCUT2D eigenvalue weighted by molar-refractivity contribution is -0.137. The molecule has 0 unspecified atom stereocenters. The molecule has 0 saturated carbocycles. The average molecular weight is 313 g/mol. The number of aromatic nitrogens is 3. The van der Waals surface area contributed by atoms with E-state index in [9.17, 15) is 13.2 Å². The van der Waals surface area contributed by atoms with Crippen molar-refractivity contribution in [2.45, 2.75) is 53.6 Å². The number of pyridine rings is 1. The van der Waals surface area contributed by atoms with E-state index in [-0.39, 0.29) is 12.8 Å². The summed E-state index contributed by atoms with van der Waals surface area (Å²) in [6.45, 7) is 10.0.